The number of nitrogens with one attached hydrogen (secondary N) is 1. The molecule has 3 aromatic rings. The van der Waals surface area contributed by atoms with Gasteiger partial charge >= 0.3 is 0 Å². The van der Waals surface area contributed by atoms with E-state index in [0.717, 1.165) is 64.3 Å². The monoisotopic (exact) mass is 643 g/mol. The first-order chi connectivity index (χ1) is 19.6. The van der Waals surface area contributed by atoms with E-state index in [9.17, 15) is 22.4 Å². The molecule has 1 unspecified atom stereocenters. The summed E-state index contributed by atoms with van der Waals surface area (Å²) in [5.41, 5.74) is 1.69. The Morgan fingerprint density at radius 1 is 0.951 bits per heavy atom. The van der Waals surface area contributed by atoms with E-state index in [1.54, 1.807) is 0 Å². The summed E-state index contributed by atoms with van der Waals surface area (Å²) in [5.74, 6) is -1.46. The van der Waals surface area contributed by atoms with Crippen molar-refractivity contribution in [3.05, 3.63) is 100 Å². The molecule has 1 aliphatic rings. The lowest BCUT2D eigenvalue weighted by molar-refractivity contribution is -0.140. The zero-order valence-corrected chi connectivity index (χ0v) is 25.4. The molecule has 0 aromatic heterocycles. The molecule has 0 heterocycles. The van der Waals surface area contributed by atoms with Crippen molar-refractivity contribution >= 4 is 43.5 Å². The molecule has 218 valence electrons. The van der Waals surface area contributed by atoms with E-state index in [-0.39, 0.29) is 30.6 Å². The third kappa shape index (κ3) is 8.87. The second-order valence-corrected chi connectivity index (χ2v) is 13.3. The number of halogens is 2. The van der Waals surface area contributed by atoms with Gasteiger partial charge in [-0.3, -0.25) is 13.9 Å². The van der Waals surface area contributed by atoms with Crippen LogP contribution in [0.1, 0.15) is 43.2 Å². The largest absolute Gasteiger partial charge is 0.352 e. The van der Waals surface area contributed by atoms with Gasteiger partial charge in [-0.25, -0.2) is 12.8 Å². The number of amides is 2. The van der Waals surface area contributed by atoms with E-state index in [0.29, 0.717) is 0 Å². The lowest BCUT2D eigenvalue weighted by atomic mass is 9.94. The Morgan fingerprint density at radius 2 is 1.63 bits per heavy atom. The van der Waals surface area contributed by atoms with Crippen LogP contribution in [0.15, 0.2) is 83.3 Å². The minimum absolute atomic E-state index is 0.0268. The van der Waals surface area contributed by atoms with Gasteiger partial charge in [-0.15, -0.1) is 0 Å². The van der Waals surface area contributed by atoms with Crippen molar-refractivity contribution in [1.29, 1.82) is 0 Å². The van der Waals surface area contributed by atoms with Gasteiger partial charge in [0.05, 0.1) is 11.9 Å². The Hall–Kier alpha value is -3.24. The molecule has 0 radical (unpaired) electrons. The predicted octanol–water partition coefficient (Wildman–Crippen LogP) is 5.44. The summed E-state index contributed by atoms with van der Waals surface area (Å²) in [6.45, 7) is -0.497. The van der Waals surface area contributed by atoms with Crippen molar-refractivity contribution in [3.63, 3.8) is 0 Å². The quantitative estimate of drug-likeness (QED) is 0.301. The fourth-order valence-electron chi connectivity index (χ4n) is 5.13. The molecule has 1 saturated carbocycles. The first-order valence-corrected chi connectivity index (χ1v) is 16.4. The van der Waals surface area contributed by atoms with E-state index >= 15 is 0 Å². The van der Waals surface area contributed by atoms with Crippen molar-refractivity contribution in [2.75, 3.05) is 17.1 Å². The lowest BCUT2D eigenvalue weighted by Crippen LogP contribution is -2.55. The molecule has 0 spiro atoms. The number of benzene rings is 3. The zero-order valence-electron chi connectivity index (χ0n) is 23.0. The molecule has 0 bridgehead atoms. The first-order valence-electron chi connectivity index (χ1n) is 13.7. The molecular weight excluding hydrogens is 609 g/mol. The van der Waals surface area contributed by atoms with Gasteiger partial charge in [-0.05, 0) is 54.3 Å². The zero-order chi connectivity index (χ0) is 29.4. The van der Waals surface area contributed by atoms with Gasteiger partial charge in [0, 0.05) is 23.5 Å². The Labute approximate surface area is 249 Å². The SMILES string of the molecule is CS(=O)(=O)N(CC(=O)N(Cc1ccc(Br)cc1)C(Cc1ccccc1)C(=O)NC1CCCCC1)c1cccc(F)c1. The van der Waals surface area contributed by atoms with E-state index in [1.165, 1.54) is 23.1 Å². The van der Waals surface area contributed by atoms with Crippen LogP contribution in [0.3, 0.4) is 0 Å². The van der Waals surface area contributed by atoms with E-state index in [2.05, 4.69) is 21.2 Å². The standard InChI is InChI=1S/C31H35BrFN3O4S/c1-41(39,40)36(28-14-8-11-26(33)20-28)22-30(37)35(21-24-15-17-25(32)18-16-24)29(19-23-9-4-2-5-10-23)31(38)34-27-12-6-3-7-13-27/h2,4-5,8-11,14-18,20,27,29H,3,6-7,12-13,19,21-22H2,1H3,(H,34,38). The number of carbonyl (C=O) groups is 2. The van der Waals surface area contributed by atoms with Crippen LogP contribution in [0.4, 0.5) is 10.1 Å². The summed E-state index contributed by atoms with van der Waals surface area (Å²) < 4.78 is 41.4. The van der Waals surface area contributed by atoms with Crippen LogP contribution >= 0.6 is 15.9 Å². The Kier molecular flexibility index (Phi) is 10.6. The summed E-state index contributed by atoms with van der Waals surface area (Å²) in [4.78, 5) is 29.5. The lowest BCUT2D eigenvalue weighted by Gasteiger charge is -2.35. The second kappa shape index (κ2) is 14.1. The average Bonchev–Trinajstić information content (AvgIpc) is 2.95. The van der Waals surface area contributed by atoms with Crippen LogP contribution in [-0.4, -0.2) is 50.0 Å². The van der Waals surface area contributed by atoms with Gasteiger partial charge in [0.25, 0.3) is 0 Å². The molecule has 4 rings (SSSR count). The van der Waals surface area contributed by atoms with Crippen molar-refractivity contribution < 1.29 is 22.4 Å². The van der Waals surface area contributed by atoms with Crippen molar-refractivity contribution in [1.82, 2.24) is 10.2 Å². The van der Waals surface area contributed by atoms with Crippen LogP contribution in [0, 0.1) is 5.82 Å². The Morgan fingerprint density at radius 3 is 2.27 bits per heavy atom. The third-order valence-corrected chi connectivity index (χ3v) is 8.93. The molecular formula is C31H35BrFN3O4S. The number of rotatable bonds is 11. The van der Waals surface area contributed by atoms with Crippen LogP contribution in [0.25, 0.3) is 0 Å². The molecule has 7 nitrogen and oxygen atoms in total. The van der Waals surface area contributed by atoms with E-state index in [4.69, 9.17) is 0 Å². The first kappa shape index (κ1) is 30.7. The Bertz CT molecular complexity index is 1430. The number of hydrogen-bond acceptors (Lipinski definition) is 4. The highest BCUT2D eigenvalue weighted by atomic mass is 79.9. The van der Waals surface area contributed by atoms with Crippen molar-refractivity contribution in [2.24, 2.45) is 0 Å². The second-order valence-electron chi connectivity index (χ2n) is 10.4. The van der Waals surface area contributed by atoms with E-state index in [1.807, 2.05) is 54.6 Å². The normalized spacial score (nSPS) is 14.7. The summed E-state index contributed by atoms with van der Waals surface area (Å²) >= 11 is 3.43. The highest BCUT2D eigenvalue weighted by Crippen LogP contribution is 2.23. The van der Waals surface area contributed by atoms with Gasteiger partial charge < -0.3 is 10.2 Å². The van der Waals surface area contributed by atoms with Crippen molar-refractivity contribution in [2.45, 2.75) is 57.2 Å². The summed E-state index contributed by atoms with van der Waals surface area (Å²) in [5, 5.41) is 3.17. The maximum Gasteiger partial charge on any atom is 0.244 e. The highest BCUT2D eigenvalue weighted by Gasteiger charge is 2.34. The van der Waals surface area contributed by atoms with Gasteiger partial charge in [0.15, 0.2) is 0 Å². The van der Waals surface area contributed by atoms with Crippen LogP contribution in [0.2, 0.25) is 0 Å². The molecule has 1 aliphatic carbocycles. The predicted molar refractivity (Wildman–Crippen MR) is 162 cm³/mol. The third-order valence-electron chi connectivity index (χ3n) is 7.26. The fourth-order valence-corrected chi connectivity index (χ4v) is 6.24. The number of anilines is 1. The van der Waals surface area contributed by atoms with E-state index < -0.39 is 34.3 Å². The van der Waals surface area contributed by atoms with Gasteiger partial charge in [0.2, 0.25) is 21.8 Å². The molecule has 10 heteroatoms. The molecule has 3 aromatic carbocycles. The van der Waals surface area contributed by atoms with Crippen LogP contribution in [0.5, 0.6) is 0 Å². The average molecular weight is 645 g/mol. The smallest absolute Gasteiger partial charge is 0.244 e. The number of hydrogen-bond donors (Lipinski definition) is 1. The maximum absolute atomic E-state index is 14.1. The molecule has 0 saturated heterocycles. The van der Waals surface area contributed by atoms with Gasteiger partial charge in [-0.2, -0.15) is 0 Å². The summed E-state index contributed by atoms with van der Waals surface area (Å²) in [6.07, 6.45) is 6.19. The minimum Gasteiger partial charge on any atom is -0.352 e. The Balaban J connectivity index is 1.71. The molecule has 1 atom stereocenters. The van der Waals surface area contributed by atoms with Crippen molar-refractivity contribution in [3.8, 4) is 0 Å². The molecule has 1 N–H and O–H groups in total. The van der Waals surface area contributed by atoms with Crippen LogP contribution in [-0.2, 0) is 32.6 Å². The van der Waals surface area contributed by atoms with Gasteiger partial charge in [-0.1, -0.05) is 83.7 Å². The molecule has 41 heavy (non-hydrogen) atoms. The highest BCUT2D eigenvalue weighted by molar-refractivity contribution is 9.10. The van der Waals surface area contributed by atoms with Gasteiger partial charge in [0.1, 0.15) is 18.4 Å². The number of carbonyl (C=O) groups excluding carboxylic acids is 2. The number of nitrogens with zero attached hydrogens (tertiary/aromatic N) is 2. The maximum atomic E-state index is 14.1. The topological polar surface area (TPSA) is 86.8 Å². The molecule has 1 fully saturated rings. The summed E-state index contributed by atoms with van der Waals surface area (Å²) in [7, 11) is -3.96. The minimum atomic E-state index is -3.96. The van der Waals surface area contributed by atoms with Crippen LogP contribution < -0.4 is 9.62 Å². The molecule has 2 amide bonds. The number of sulfonamides is 1. The fraction of sp³-hybridized carbons (Fsp3) is 0.355. The molecule has 0 aliphatic heterocycles. The summed E-state index contributed by atoms with van der Waals surface area (Å²) in [6, 6.07) is 21.1.